The molecule has 0 radical (unpaired) electrons. The van der Waals surface area contributed by atoms with E-state index in [0.29, 0.717) is 29.4 Å². The summed E-state index contributed by atoms with van der Waals surface area (Å²) in [7, 11) is 1.56. The first kappa shape index (κ1) is 19.5. The second-order valence-electron chi connectivity index (χ2n) is 6.59. The van der Waals surface area contributed by atoms with Crippen molar-refractivity contribution in [2.75, 3.05) is 18.7 Å². The zero-order chi connectivity index (χ0) is 20.1. The molecule has 1 saturated heterocycles. The molecule has 3 rings (SSSR count). The van der Waals surface area contributed by atoms with Crippen LogP contribution in [0.1, 0.15) is 30.9 Å². The van der Waals surface area contributed by atoms with Gasteiger partial charge in [0.15, 0.2) is 11.5 Å². The van der Waals surface area contributed by atoms with Gasteiger partial charge in [0.05, 0.1) is 19.4 Å². The maximum absolute atomic E-state index is 12.7. The van der Waals surface area contributed by atoms with Crippen molar-refractivity contribution in [3.63, 3.8) is 0 Å². The van der Waals surface area contributed by atoms with E-state index in [1.54, 1.807) is 43.5 Å². The lowest BCUT2D eigenvalue weighted by Crippen LogP contribution is -2.35. The highest BCUT2D eigenvalue weighted by molar-refractivity contribution is 6.31. The number of nitrogens with one attached hydrogen (secondary N) is 1. The number of benzene rings is 2. The normalized spacial score (nSPS) is 15.1. The van der Waals surface area contributed by atoms with Crippen LogP contribution in [0.2, 0.25) is 0 Å². The number of ether oxygens (including phenoxy) is 2. The van der Waals surface area contributed by atoms with Crippen LogP contribution in [0.25, 0.3) is 6.08 Å². The summed E-state index contributed by atoms with van der Waals surface area (Å²) in [4.78, 5) is 25.1. The van der Waals surface area contributed by atoms with Gasteiger partial charge in [0.2, 0.25) is 0 Å². The van der Waals surface area contributed by atoms with Crippen molar-refractivity contribution in [1.82, 2.24) is 5.43 Å². The van der Waals surface area contributed by atoms with Crippen molar-refractivity contribution in [2.45, 2.75) is 26.7 Å². The standard InChI is InChI=1S/C22H24N2O4/c1-4-5-12-28-19-11-8-16(14-20(19)27-3)13-18-21(25)23-24(22(18)26)17-9-6-15(2)7-10-17/h6-11,13-14H,4-5,12H2,1-3H3,(H,23,25)/b18-13-. The van der Waals surface area contributed by atoms with Crippen molar-refractivity contribution in [3.05, 3.63) is 59.2 Å². The Bertz CT molecular complexity index is 903. The smallest absolute Gasteiger partial charge is 0.282 e. The molecule has 0 saturated carbocycles. The Morgan fingerprint density at radius 3 is 2.50 bits per heavy atom. The zero-order valence-electron chi connectivity index (χ0n) is 16.3. The molecule has 2 aromatic carbocycles. The number of hydrogen-bond donors (Lipinski definition) is 1. The Labute approximate surface area is 164 Å². The van der Waals surface area contributed by atoms with Gasteiger partial charge in [-0.3, -0.25) is 15.0 Å². The van der Waals surface area contributed by atoms with Crippen molar-refractivity contribution >= 4 is 23.6 Å². The minimum Gasteiger partial charge on any atom is -0.493 e. The number of rotatable bonds is 7. The summed E-state index contributed by atoms with van der Waals surface area (Å²) in [5, 5.41) is 1.26. The summed E-state index contributed by atoms with van der Waals surface area (Å²) in [6.45, 7) is 4.67. The van der Waals surface area contributed by atoms with Crippen molar-refractivity contribution < 1.29 is 19.1 Å². The molecule has 146 valence electrons. The van der Waals surface area contributed by atoms with Gasteiger partial charge in [-0.25, -0.2) is 5.01 Å². The molecule has 1 aliphatic heterocycles. The number of hydrazine groups is 1. The fourth-order valence-corrected chi connectivity index (χ4v) is 2.82. The third kappa shape index (κ3) is 4.17. The van der Waals surface area contributed by atoms with Crippen LogP contribution in [-0.4, -0.2) is 25.5 Å². The van der Waals surface area contributed by atoms with E-state index < -0.39 is 11.8 Å². The third-order valence-corrected chi connectivity index (χ3v) is 4.44. The first-order valence-electron chi connectivity index (χ1n) is 9.28. The first-order valence-corrected chi connectivity index (χ1v) is 9.28. The summed E-state index contributed by atoms with van der Waals surface area (Å²) >= 11 is 0. The Hall–Kier alpha value is -3.28. The van der Waals surface area contributed by atoms with Crippen LogP contribution in [0.15, 0.2) is 48.0 Å². The third-order valence-electron chi connectivity index (χ3n) is 4.44. The van der Waals surface area contributed by atoms with E-state index in [2.05, 4.69) is 12.3 Å². The highest BCUT2D eigenvalue weighted by Crippen LogP contribution is 2.30. The van der Waals surface area contributed by atoms with Gasteiger partial charge >= 0.3 is 0 Å². The van der Waals surface area contributed by atoms with Crippen molar-refractivity contribution in [2.24, 2.45) is 0 Å². The molecule has 2 aromatic rings. The molecule has 1 fully saturated rings. The molecule has 6 heteroatoms. The fourth-order valence-electron chi connectivity index (χ4n) is 2.82. The molecule has 6 nitrogen and oxygen atoms in total. The molecule has 0 aromatic heterocycles. The van der Waals surface area contributed by atoms with Crippen LogP contribution in [0.5, 0.6) is 11.5 Å². The van der Waals surface area contributed by atoms with E-state index in [0.717, 1.165) is 18.4 Å². The monoisotopic (exact) mass is 380 g/mol. The van der Waals surface area contributed by atoms with E-state index >= 15 is 0 Å². The Morgan fingerprint density at radius 2 is 1.82 bits per heavy atom. The van der Waals surface area contributed by atoms with E-state index in [-0.39, 0.29) is 5.57 Å². The molecule has 0 unspecified atom stereocenters. The lowest BCUT2D eigenvalue weighted by Gasteiger charge is -2.14. The van der Waals surface area contributed by atoms with Gasteiger partial charge in [-0.05, 0) is 49.2 Å². The predicted molar refractivity (Wildman–Crippen MR) is 108 cm³/mol. The van der Waals surface area contributed by atoms with Crippen LogP contribution in [0, 0.1) is 6.92 Å². The highest BCUT2D eigenvalue weighted by atomic mass is 16.5. The molecule has 0 spiro atoms. The number of anilines is 1. The Balaban J connectivity index is 1.83. The molecule has 0 bridgehead atoms. The summed E-state index contributed by atoms with van der Waals surface area (Å²) in [5.41, 5.74) is 5.05. The lowest BCUT2D eigenvalue weighted by atomic mass is 10.1. The summed E-state index contributed by atoms with van der Waals surface area (Å²) < 4.78 is 11.1. The van der Waals surface area contributed by atoms with E-state index in [1.807, 2.05) is 19.1 Å². The molecule has 0 aliphatic carbocycles. The largest absolute Gasteiger partial charge is 0.493 e. The number of unbranched alkanes of at least 4 members (excludes halogenated alkanes) is 1. The van der Waals surface area contributed by atoms with Gasteiger partial charge < -0.3 is 9.47 Å². The maximum atomic E-state index is 12.7. The SMILES string of the molecule is CCCCOc1ccc(/C=C2/C(=O)NN(c3ccc(C)cc3)C2=O)cc1OC. The first-order chi connectivity index (χ1) is 13.5. The Morgan fingerprint density at radius 1 is 1.07 bits per heavy atom. The zero-order valence-corrected chi connectivity index (χ0v) is 16.3. The molecule has 1 aliphatic rings. The van der Waals surface area contributed by atoms with E-state index in [4.69, 9.17) is 9.47 Å². The van der Waals surface area contributed by atoms with Crippen LogP contribution in [-0.2, 0) is 9.59 Å². The topological polar surface area (TPSA) is 67.9 Å². The average Bonchev–Trinajstić information content (AvgIpc) is 2.98. The molecule has 0 atom stereocenters. The number of aryl methyl sites for hydroxylation is 1. The Kier molecular flexibility index (Phi) is 5.99. The molecule has 1 heterocycles. The number of methoxy groups -OCH3 is 1. The quantitative estimate of drug-likeness (QED) is 0.452. The predicted octanol–water partition coefficient (Wildman–Crippen LogP) is 3.64. The van der Waals surface area contributed by atoms with Crippen LogP contribution < -0.4 is 19.9 Å². The van der Waals surface area contributed by atoms with Gasteiger partial charge in [0, 0.05) is 0 Å². The summed E-state index contributed by atoms with van der Waals surface area (Å²) in [6, 6.07) is 12.7. The number of carbonyl (C=O) groups is 2. The van der Waals surface area contributed by atoms with E-state index in [1.165, 1.54) is 5.01 Å². The second kappa shape index (κ2) is 8.61. The minimum absolute atomic E-state index is 0.0716. The molecule has 1 N–H and O–H groups in total. The fraction of sp³-hybridized carbons (Fsp3) is 0.273. The van der Waals surface area contributed by atoms with Gasteiger partial charge in [0.1, 0.15) is 5.57 Å². The minimum atomic E-state index is -0.437. The second-order valence-corrected chi connectivity index (χ2v) is 6.59. The highest BCUT2D eigenvalue weighted by Gasteiger charge is 2.34. The van der Waals surface area contributed by atoms with Crippen LogP contribution in [0.4, 0.5) is 5.69 Å². The number of nitrogens with zero attached hydrogens (tertiary/aromatic N) is 1. The molecular formula is C22H24N2O4. The molecular weight excluding hydrogens is 356 g/mol. The van der Waals surface area contributed by atoms with Gasteiger partial charge in [-0.2, -0.15) is 0 Å². The van der Waals surface area contributed by atoms with Crippen LogP contribution >= 0.6 is 0 Å². The van der Waals surface area contributed by atoms with Gasteiger partial charge in [0.25, 0.3) is 11.8 Å². The van der Waals surface area contributed by atoms with Gasteiger partial charge in [-0.1, -0.05) is 37.1 Å². The maximum Gasteiger partial charge on any atom is 0.282 e. The lowest BCUT2D eigenvalue weighted by molar-refractivity contribution is -0.117. The number of amides is 2. The van der Waals surface area contributed by atoms with Crippen molar-refractivity contribution in [3.8, 4) is 11.5 Å². The van der Waals surface area contributed by atoms with Crippen LogP contribution in [0.3, 0.4) is 0 Å². The molecule has 2 amide bonds. The average molecular weight is 380 g/mol. The number of hydrogen-bond acceptors (Lipinski definition) is 4. The van der Waals surface area contributed by atoms with Crippen molar-refractivity contribution in [1.29, 1.82) is 0 Å². The number of carbonyl (C=O) groups excluding carboxylic acids is 2. The van der Waals surface area contributed by atoms with Gasteiger partial charge in [-0.15, -0.1) is 0 Å². The molecule has 28 heavy (non-hydrogen) atoms. The summed E-state index contributed by atoms with van der Waals surface area (Å²) in [6.07, 6.45) is 3.56. The summed E-state index contributed by atoms with van der Waals surface area (Å²) in [5.74, 6) is 0.372. The van der Waals surface area contributed by atoms with E-state index in [9.17, 15) is 9.59 Å².